The second kappa shape index (κ2) is 5.25. The highest BCUT2D eigenvalue weighted by atomic mass is 32.1. The Morgan fingerprint density at radius 2 is 2.21 bits per heavy atom. The fourth-order valence-electron chi connectivity index (χ4n) is 1.43. The number of fused-ring (bicyclic) bond motifs is 1. The Hall–Kier alpha value is -1.48. The van der Waals surface area contributed by atoms with Gasteiger partial charge in [-0.05, 0) is 11.4 Å². The summed E-state index contributed by atoms with van der Waals surface area (Å²) in [6, 6.07) is 1.62. The van der Waals surface area contributed by atoms with Crippen LogP contribution in [0, 0.1) is 0 Å². The van der Waals surface area contributed by atoms with E-state index in [1.807, 2.05) is 0 Å². The lowest BCUT2D eigenvalue weighted by atomic mass is 10.3. The summed E-state index contributed by atoms with van der Waals surface area (Å²) < 4.78 is 49.5. The number of nitrogens with zero attached hydrogens (tertiary/aromatic N) is 1. The number of halogens is 4. The van der Waals surface area contributed by atoms with Crippen molar-refractivity contribution in [2.75, 3.05) is 6.54 Å². The molecule has 0 fully saturated rings. The van der Waals surface area contributed by atoms with Gasteiger partial charge in [0.15, 0.2) is 0 Å². The Bertz CT molecular complexity index is 625. The second-order valence-electron chi connectivity index (χ2n) is 3.81. The molecule has 0 aliphatic rings. The highest BCUT2D eigenvalue weighted by molar-refractivity contribution is 7.17. The molecule has 0 aliphatic carbocycles. The minimum atomic E-state index is -4.10. The number of thiophene rings is 1. The van der Waals surface area contributed by atoms with Crippen LogP contribution in [0.2, 0.25) is 0 Å². The first-order valence-electron chi connectivity index (χ1n) is 5.23. The molecule has 19 heavy (non-hydrogen) atoms. The normalized spacial score (nSPS) is 12.5. The lowest BCUT2D eigenvalue weighted by Crippen LogP contribution is -2.38. The molecule has 2 aromatic rings. The molecular formula is C10H9F4N3OS. The molecule has 2 rings (SSSR count). The van der Waals surface area contributed by atoms with Gasteiger partial charge in [0.25, 0.3) is 5.56 Å². The first-order valence-corrected chi connectivity index (χ1v) is 6.11. The molecule has 0 atom stereocenters. The quantitative estimate of drug-likeness (QED) is 0.829. The highest BCUT2D eigenvalue weighted by Crippen LogP contribution is 2.21. The molecule has 0 aromatic carbocycles. The van der Waals surface area contributed by atoms with Gasteiger partial charge in [-0.15, -0.1) is 11.3 Å². The van der Waals surface area contributed by atoms with Crippen molar-refractivity contribution in [2.45, 2.75) is 18.9 Å². The molecule has 0 radical (unpaired) electrons. The van der Waals surface area contributed by atoms with Gasteiger partial charge in [-0.1, -0.05) is 0 Å². The van der Waals surface area contributed by atoms with E-state index in [0.717, 1.165) is 0 Å². The van der Waals surface area contributed by atoms with Crippen molar-refractivity contribution in [1.82, 2.24) is 15.3 Å². The fourth-order valence-corrected chi connectivity index (χ4v) is 2.16. The zero-order valence-electron chi connectivity index (χ0n) is 9.42. The van der Waals surface area contributed by atoms with Crippen molar-refractivity contribution < 1.29 is 17.6 Å². The van der Waals surface area contributed by atoms with Crippen LogP contribution in [-0.2, 0) is 6.54 Å². The first kappa shape index (κ1) is 13.9. The van der Waals surface area contributed by atoms with E-state index in [-0.39, 0.29) is 17.9 Å². The van der Waals surface area contributed by atoms with Gasteiger partial charge in [-0.2, -0.15) is 8.78 Å². The number of rotatable bonds is 5. The Morgan fingerprint density at radius 1 is 1.47 bits per heavy atom. The van der Waals surface area contributed by atoms with Gasteiger partial charge < -0.3 is 10.3 Å². The number of hydrogen-bond donors (Lipinski definition) is 2. The predicted molar refractivity (Wildman–Crippen MR) is 62.9 cm³/mol. The maximum absolute atomic E-state index is 12.6. The van der Waals surface area contributed by atoms with Gasteiger partial charge in [0, 0.05) is 0 Å². The summed E-state index contributed by atoms with van der Waals surface area (Å²) in [5, 5.41) is 3.82. The third kappa shape index (κ3) is 3.10. The van der Waals surface area contributed by atoms with Crippen LogP contribution in [0.4, 0.5) is 17.6 Å². The standard InChI is InChI=1S/C10H9F4N3OS/c11-9(12)10(13,14)4-15-3-6-16-5-1-2-19-7(5)8(18)17-6/h1-2,9,15H,3-4H2,(H,16,17,18). The maximum atomic E-state index is 12.6. The zero-order chi connectivity index (χ0) is 14.0. The van der Waals surface area contributed by atoms with E-state index in [4.69, 9.17) is 0 Å². The van der Waals surface area contributed by atoms with Crippen LogP contribution in [-0.4, -0.2) is 28.9 Å². The predicted octanol–water partition coefficient (Wildman–Crippen LogP) is 1.97. The van der Waals surface area contributed by atoms with Crippen LogP contribution in [0.3, 0.4) is 0 Å². The van der Waals surface area contributed by atoms with Crippen molar-refractivity contribution >= 4 is 21.6 Å². The monoisotopic (exact) mass is 295 g/mol. The Labute approximate surface area is 108 Å². The van der Waals surface area contributed by atoms with Gasteiger partial charge in [0.1, 0.15) is 10.5 Å². The summed E-state index contributed by atoms with van der Waals surface area (Å²) in [4.78, 5) is 18.0. The van der Waals surface area contributed by atoms with E-state index in [1.165, 1.54) is 11.3 Å². The molecule has 4 nitrogen and oxygen atoms in total. The molecule has 2 heterocycles. The molecule has 0 bridgehead atoms. The molecule has 2 aromatic heterocycles. The van der Waals surface area contributed by atoms with E-state index in [1.54, 1.807) is 11.4 Å². The van der Waals surface area contributed by atoms with E-state index >= 15 is 0 Å². The summed E-state index contributed by atoms with van der Waals surface area (Å²) in [5.41, 5.74) is 0.0728. The van der Waals surface area contributed by atoms with Gasteiger partial charge >= 0.3 is 12.3 Å². The zero-order valence-corrected chi connectivity index (χ0v) is 10.2. The van der Waals surface area contributed by atoms with Crippen LogP contribution < -0.4 is 10.9 Å². The van der Waals surface area contributed by atoms with Crippen LogP contribution in [0.25, 0.3) is 10.2 Å². The van der Waals surface area contributed by atoms with Crippen molar-refractivity contribution in [2.24, 2.45) is 0 Å². The molecule has 0 unspecified atom stereocenters. The molecule has 0 amide bonds. The lowest BCUT2D eigenvalue weighted by molar-refractivity contribution is -0.125. The molecule has 0 saturated heterocycles. The third-order valence-corrected chi connectivity index (χ3v) is 3.24. The average Bonchev–Trinajstić information content (AvgIpc) is 2.77. The van der Waals surface area contributed by atoms with Crippen molar-refractivity contribution in [3.8, 4) is 0 Å². The van der Waals surface area contributed by atoms with Gasteiger partial charge in [-0.3, -0.25) is 4.79 Å². The molecule has 0 spiro atoms. The smallest absolute Gasteiger partial charge is 0.308 e. The van der Waals surface area contributed by atoms with Gasteiger partial charge in [0.05, 0.1) is 18.6 Å². The number of alkyl halides is 4. The number of aromatic nitrogens is 2. The summed E-state index contributed by atoms with van der Waals surface area (Å²) >= 11 is 1.21. The van der Waals surface area contributed by atoms with Crippen molar-refractivity contribution in [3.05, 3.63) is 27.6 Å². The number of hydrogen-bond acceptors (Lipinski definition) is 4. The summed E-state index contributed by atoms with van der Waals surface area (Å²) in [5.74, 6) is -3.98. The van der Waals surface area contributed by atoms with E-state index in [0.29, 0.717) is 10.2 Å². The molecule has 2 N–H and O–H groups in total. The topological polar surface area (TPSA) is 57.8 Å². The lowest BCUT2D eigenvalue weighted by Gasteiger charge is -2.15. The van der Waals surface area contributed by atoms with Crippen LogP contribution >= 0.6 is 11.3 Å². The number of nitrogens with one attached hydrogen (secondary N) is 2. The summed E-state index contributed by atoms with van der Waals surface area (Å²) in [6.07, 6.45) is -3.73. The highest BCUT2D eigenvalue weighted by Gasteiger charge is 2.40. The minimum absolute atomic E-state index is 0.126. The SMILES string of the molecule is O=c1[nH]c(CNCC(F)(F)C(F)F)nc2ccsc12. The molecule has 0 aliphatic heterocycles. The van der Waals surface area contributed by atoms with Crippen LogP contribution in [0.5, 0.6) is 0 Å². The fraction of sp³-hybridized carbons (Fsp3) is 0.400. The Balaban J connectivity index is 2.04. The van der Waals surface area contributed by atoms with Crippen molar-refractivity contribution in [1.29, 1.82) is 0 Å². The van der Waals surface area contributed by atoms with Gasteiger partial charge in [0.2, 0.25) is 0 Å². The Morgan fingerprint density at radius 3 is 2.89 bits per heavy atom. The van der Waals surface area contributed by atoms with E-state index in [2.05, 4.69) is 15.3 Å². The van der Waals surface area contributed by atoms with Crippen LogP contribution in [0.15, 0.2) is 16.2 Å². The molecule has 9 heteroatoms. The average molecular weight is 295 g/mol. The number of H-pyrrole nitrogens is 1. The summed E-state index contributed by atoms with van der Waals surface area (Å²) in [7, 11) is 0. The Kier molecular flexibility index (Phi) is 3.85. The third-order valence-electron chi connectivity index (χ3n) is 2.34. The van der Waals surface area contributed by atoms with E-state index < -0.39 is 18.9 Å². The number of aromatic amines is 1. The largest absolute Gasteiger partial charge is 0.319 e. The molecule has 0 saturated carbocycles. The van der Waals surface area contributed by atoms with Gasteiger partial charge in [-0.25, -0.2) is 13.8 Å². The molecular weight excluding hydrogens is 286 g/mol. The second-order valence-corrected chi connectivity index (χ2v) is 4.73. The summed E-state index contributed by atoms with van der Waals surface area (Å²) in [6.45, 7) is -1.40. The maximum Gasteiger partial charge on any atom is 0.319 e. The first-order chi connectivity index (χ1) is 8.90. The molecule has 104 valence electrons. The van der Waals surface area contributed by atoms with Crippen LogP contribution in [0.1, 0.15) is 5.82 Å². The minimum Gasteiger partial charge on any atom is -0.308 e. The van der Waals surface area contributed by atoms with E-state index in [9.17, 15) is 22.4 Å². The van der Waals surface area contributed by atoms with Crippen molar-refractivity contribution in [3.63, 3.8) is 0 Å².